The van der Waals surface area contributed by atoms with E-state index < -0.39 is 0 Å². The molecule has 0 saturated carbocycles. The third kappa shape index (κ3) is 3.46. The summed E-state index contributed by atoms with van der Waals surface area (Å²) < 4.78 is 54.8. The van der Waals surface area contributed by atoms with Crippen LogP contribution in [0.3, 0.4) is 0 Å². The van der Waals surface area contributed by atoms with E-state index in [-0.39, 0.29) is 17.5 Å². The summed E-state index contributed by atoms with van der Waals surface area (Å²) in [4.78, 5) is 2.37. The lowest BCUT2D eigenvalue weighted by atomic mass is 10.1. The van der Waals surface area contributed by atoms with E-state index in [1.54, 1.807) is 46.1 Å². The summed E-state index contributed by atoms with van der Waals surface area (Å²) in [6.45, 7) is 0. The van der Waals surface area contributed by atoms with Crippen LogP contribution in [0.4, 0.5) is 13.2 Å². The zero-order chi connectivity index (χ0) is 28.6. The third-order valence-corrected chi connectivity index (χ3v) is 15.3. The third-order valence-electron chi connectivity index (χ3n) is 7.97. The number of hydrogen-bond donors (Lipinski definition) is 0. The van der Waals surface area contributed by atoms with Gasteiger partial charge in [0.1, 0.15) is 5.82 Å². The van der Waals surface area contributed by atoms with Crippen LogP contribution in [0.1, 0.15) is 0 Å². The van der Waals surface area contributed by atoms with Gasteiger partial charge in [0.15, 0.2) is 11.6 Å². The standard InChI is InChI=1S/C34H13F3S6/c35-27-15-5-1-3-7-20(15)39-32(27)26-10-14-9-18-24(12-22(14)38-26)41-31-19-11-17-23(13-25(19)42-30(18)31)43-34(29(17)37)33-28(36)16-6-2-4-8-21(16)40-33/h1-13H. The van der Waals surface area contributed by atoms with Crippen LogP contribution in [0.5, 0.6) is 0 Å². The van der Waals surface area contributed by atoms with E-state index in [1.165, 1.54) is 48.8 Å². The molecule has 9 heteroatoms. The van der Waals surface area contributed by atoms with E-state index in [0.29, 0.717) is 30.8 Å². The SMILES string of the molecule is Fc1c(-c2cc3cc4c(cc3s2)sc2c3cc5c(F)c(-c6sc7ccccc7c6F)sc5cc3sc42)sc2ccccc12. The monoisotopic (exact) mass is 670 g/mol. The minimum Gasteiger partial charge on any atom is -0.205 e. The largest absolute Gasteiger partial charge is 0.205 e. The van der Waals surface area contributed by atoms with Crippen LogP contribution in [0.15, 0.2) is 78.9 Å². The molecule has 0 nitrogen and oxygen atoms in total. The van der Waals surface area contributed by atoms with E-state index in [0.717, 1.165) is 43.8 Å². The van der Waals surface area contributed by atoms with Gasteiger partial charge < -0.3 is 0 Å². The molecule has 6 heterocycles. The zero-order valence-electron chi connectivity index (χ0n) is 21.6. The maximum atomic E-state index is 15.9. The number of benzene rings is 4. The molecule has 0 fully saturated rings. The Bertz CT molecular complexity index is 2780. The maximum absolute atomic E-state index is 15.9. The Morgan fingerprint density at radius 3 is 1.56 bits per heavy atom. The summed E-state index contributed by atoms with van der Waals surface area (Å²) in [7, 11) is 0. The summed E-state index contributed by atoms with van der Waals surface area (Å²) in [5, 5.41) is 5.05. The highest BCUT2D eigenvalue weighted by Gasteiger charge is 2.23. The lowest BCUT2D eigenvalue weighted by molar-refractivity contribution is 0.635. The van der Waals surface area contributed by atoms with Gasteiger partial charge in [0.2, 0.25) is 0 Å². The highest BCUT2D eigenvalue weighted by atomic mass is 32.1. The van der Waals surface area contributed by atoms with Crippen LogP contribution in [0.25, 0.3) is 89.4 Å². The fraction of sp³-hybridized carbons (Fsp3) is 0. The molecule has 0 aliphatic carbocycles. The first-order valence-electron chi connectivity index (χ1n) is 13.3. The summed E-state index contributed by atoms with van der Waals surface area (Å²) in [5.41, 5.74) is 0. The van der Waals surface area contributed by atoms with Crippen LogP contribution in [0.2, 0.25) is 0 Å². The average molecular weight is 671 g/mol. The molecule has 0 aliphatic heterocycles. The minimum atomic E-state index is -0.352. The van der Waals surface area contributed by atoms with E-state index in [9.17, 15) is 0 Å². The van der Waals surface area contributed by atoms with Gasteiger partial charge in [-0.3, -0.25) is 0 Å². The molecule has 0 saturated heterocycles. The van der Waals surface area contributed by atoms with Crippen LogP contribution >= 0.6 is 68.0 Å². The Hall–Kier alpha value is -3.31. The van der Waals surface area contributed by atoms with Crippen LogP contribution in [-0.2, 0) is 0 Å². The fourth-order valence-electron chi connectivity index (χ4n) is 5.94. The Labute approximate surface area is 265 Å². The average Bonchev–Trinajstić information content (AvgIpc) is 3.85. The molecular formula is C34H13F3S6. The second-order valence-corrected chi connectivity index (χ2v) is 16.8. The highest BCUT2D eigenvalue weighted by molar-refractivity contribution is 7.37. The molecule has 0 spiro atoms. The molecule has 10 rings (SSSR count). The van der Waals surface area contributed by atoms with E-state index in [2.05, 4.69) is 24.3 Å². The van der Waals surface area contributed by atoms with Crippen molar-refractivity contribution >= 4 is 138 Å². The van der Waals surface area contributed by atoms with Crippen molar-refractivity contribution in [3.63, 3.8) is 0 Å². The molecule has 0 aliphatic rings. The second kappa shape index (κ2) is 8.88. The number of rotatable bonds is 2. The van der Waals surface area contributed by atoms with E-state index >= 15 is 13.2 Å². The van der Waals surface area contributed by atoms with Gasteiger partial charge in [-0.15, -0.1) is 68.0 Å². The van der Waals surface area contributed by atoms with Gasteiger partial charge in [0.25, 0.3) is 0 Å². The first-order chi connectivity index (χ1) is 21.0. The van der Waals surface area contributed by atoms with Crippen LogP contribution in [0, 0.1) is 17.5 Å². The van der Waals surface area contributed by atoms with E-state index in [1.807, 2.05) is 42.5 Å². The normalized spacial score (nSPS) is 12.5. The number of fused-ring (bicyclic) bond motifs is 9. The lowest BCUT2D eigenvalue weighted by Crippen LogP contribution is -1.77. The molecule has 0 atom stereocenters. The van der Waals surface area contributed by atoms with Crippen LogP contribution < -0.4 is 0 Å². The van der Waals surface area contributed by atoms with Gasteiger partial charge in [0.05, 0.1) is 24.0 Å². The molecule has 0 bridgehead atoms. The van der Waals surface area contributed by atoms with Crippen molar-refractivity contribution in [3.05, 3.63) is 96.3 Å². The number of halogens is 3. The van der Waals surface area contributed by atoms with Crippen molar-refractivity contribution in [2.24, 2.45) is 0 Å². The Morgan fingerprint density at radius 2 is 0.884 bits per heavy atom. The van der Waals surface area contributed by atoms with Crippen molar-refractivity contribution in [3.8, 4) is 19.5 Å². The zero-order valence-corrected chi connectivity index (χ0v) is 26.5. The van der Waals surface area contributed by atoms with Crippen molar-refractivity contribution in [1.82, 2.24) is 0 Å². The molecule has 43 heavy (non-hydrogen) atoms. The van der Waals surface area contributed by atoms with Crippen molar-refractivity contribution in [2.75, 3.05) is 0 Å². The summed E-state index contributed by atoms with van der Waals surface area (Å²) in [6, 6.07) is 25.5. The number of hydrogen-bond acceptors (Lipinski definition) is 6. The summed E-state index contributed by atoms with van der Waals surface area (Å²) >= 11 is 9.17. The maximum Gasteiger partial charge on any atom is 0.150 e. The van der Waals surface area contributed by atoms with Gasteiger partial charge in [-0.25, -0.2) is 13.2 Å². The van der Waals surface area contributed by atoms with Gasteiger partial charge in [-0.05, 0) is 47.9 Å². The Kier molecular flexibility index (Phi) is 5.17. The Balaban J connectivity index is 1.13. The molecule has 4 aromatic carbocycles. The molecule has 6 aromatic heterocycles. The highest BCUT2D eigenvalue weighted by Crippen LogP contribution is 2.51. The predicted molar refractivity (Wildman–Crippen MR) is 187 cm³/mol. The topological polar surface area (TPSA) is 0 Å². The van der Waals surface area contributed by atoms with Gasteiger partial charge in [-0.1, -0.05) is 36.4 Å². The first kappa shape index (κ1) is 25.1. The van der Waals surface area contributed by atoms with Crippen molar-refractivity contribution < 1.29 is 13.2 Å². The minimum absolute atomic E-state index is 0.147. The van der Waals surface area contributed by atoms with Crippen molar-refractivity contribution in [2.45, 2.75) is 0 Å². The van der Waals surface area contributed by atoms with E-state index in [4.69, 9.17) is 0 Å². The first-order valence-corrected chi connectivity index (χ1v) is 18.2. The molecule has 10 aromatic rings. The molecule has 0 amide bonds. The molecular weight excluding hydrogens is 658 g/mol. The smallest absolute Gasteiger partial charge is 0.150 e. The van der Waals surface area contributed by atoms with Gasteiger partial charge in [0, 0.05) is 60.0 Å². The summed E-state index contributed by atoms with van der Waals surface area (Å²) in [6.07, 6.45) is 0. The summed E-state index contributed by atoms with van der Waals surface area (Å²) in [5.74, 6) is -0.848. The Morgan fingerprint density at radius 1 is 0.372 bits per heavy atom. The molecule has 0 radical (unpaired) electrons. The van der Waals surface area contributed by atoms with Gasteiger partial charge >= 0.3 is 0 Å². The predicted octanol–water partition coefficient (Wildman–Crippen LogP) is 13.9. The number of thiophene rings is 6. The quantitative estimate of drug-likeness (QED) is 0.172. The van der Waals surface area contributed by atoms with Crippen molar-refractivity contribution in [1.29, 1.82) is 0 Å². The van der Waals surface area contributed by atoms with Gasteiger partial charge in [-0.2, -0.15) is 0 Å². The lowest BCUT2D eigenvalue weighted by Gasteiger charge is -1.94. The fourth-order valence-corrected chi connectivity index (χ4v) is 13.3. The molecule has 206 valence electrons. The molecule has 0 unspecified atom stereocenters. The van der Waals surface area contributed by atoms with Crippen LogP contribution in [-0.4, -0.2) is 0 Å². The second-order valence-electron chi connectivity index (χ2n) is 10.4. The molecule has 0 N–H and O–H groups in total.